The lowest BCUT2D eigenvalue weighted by Gasteiger charge is -2.19. The number of fused-ring (bicyclic) bond motifs is 1. The van der Waals surface area contributed by atoms with Crippen molar-refractivity contribution in [3.8, 4) is 17.2 Å². The predicted molar refractivity (Wildman–Crippen MR) is 128 cm³/mol. The van der Waals surface area contributed by atoms with Crippen molar-refractivity contribution >= 4 is 32.6 Å². The Kier molecular flexibility index (Phi) is 6.49. The number of nitriles is 1. The van der Waals surface area contributed by atoms with Crippen LogP contribution in [0.5, 0.6) is 0 Å². The number of nitrogens with one attached hydrogen (secondary N) is 1. The lowest BCUT2D eigenvalue weighted by atomic mass is 9.94. The molecule has 1 aliphatic rings. The van der Waals surface area contributed by atoms with Gasteiger partial charge in [-0.05, 0) is 47.9 Å². The van der Waals surface area contributed by atoms with E-state index in [-0.39, 0.29) is 10.5 Å². The molecule has 186 valence electrons. The topological polar surface area (TPSA) is 120 Å². The molecule has 11 heteroatoms. The first kappa shape index (κ1) is 25.2. The summed E-state index contributed by atoms with van der Waals surface area (Å²) in [6, 6.07) is 11.9. The zero-order valence-corrected chi connectivity index (χ0v) is 20.3. The molecule has 36 heavy (non-hydrogen) atoms. The molecule has 1 aliphatic heterocycles. The molecule has 3 aromatic rings. The number of alkyl halides is 2. The second-order valence-electron chi connectivity index (χ2n) is 8.70. The molecule has 1 atom stereocenters. The smallest absolute Gasteiger partial charge is 0.268 e. The zero-order valence-electron chi connectivity index (χ0n) is 19.5. The van der Waals surface area contributed by atoms with Crippen LogP contribution in [0.25, 0.3) is 22.0 Å². The maximum atomic E-state index is 13.7. The fraction of sp³-hybridized carbons (Fsp3) is 0.280. The number of hydrogen-bond acceptors (Lipinski definition) is 6. The van der Waals surface area contributed by atoms with Gasteiger partial charge in [0.15, 0.2) is 9.84 Å². The van der Waals surface area contributed by atoms with Crippen molar-refractivity contribution in [1.29, 1.82) is 5.26 Å². The van der Waals surface area contributed by atoms with E-state index in [9.17, 15) is 26.8 Å². The van der Waals surface area contributed by atoms with E-state index < -0.39 is 53.1 Å². The highest BCUT2D eigenvalue weighted by Crippen LogP contribution is 2.33. The van der Waals surface area contributed by atoms with Gasteiger partial charge in [0, 0.05) is 24.3 Å². The second-order valence-corrected chi connectivity index (χ2v) is 10.7. The Bertz CT molecular complexity index is 1520. The van der Waals surface area contributed by atoms with Crippen LogP contribution in [-0.2, 0) is 14.6 Å². The quantitative estimate of drug-likeness (QED) is 0.561. The largest absolute Gasteiger partial charge is 0.343 e. The number of sulfone groups is 1. The molecule has 1 unspecified atom stereocenters. The number of carbonyl (C=O) groups excluding carboxylic acids is 2. The Morgan fingerprint density at radius 3 is 2.53 bits per heavy atom. The van der Waals surface area contributed by atoms with Gasteiger partial charge in [0.2, 0.25) is 5.91 Å². The minimum atomic E-state index is -3.35. The Morgan fingerprint density at radius 1 is 1.19 bits per heavy atom. The molecule has 0 radical (unpaired) electrons. The summed E-state index contributed by atoms with van der Waals surface area (Å²) in [5.41, 5.74) is 2.99. The van der Waals surface area contributed by atoms with E-state index in [1.165, 1.54) is 24.4 Å². The van der Waals surface area contributed by atoms with Crippen molar-refractivity contribution in [2.24, 2.45) is 0 Å². The average Bonchev–Trinajstić information content (AvgIpc) is 3.16. The Hall–Kier alpha value is -3.91. The molecule has 1 saturated heterocycles. The van der Waals surface area contributed by atoms with Gasteiger partial charge in [-0.2, -0.15) is 5.26 Å². The van der Waals surface area contributed by atoms with Crippen LogP contribution in [0, 0.1) is 18.3 Å². The lowest BCUT2D eigenvalue weighted by molar-refractivity contribution is -0.131. The maximum Gasteiger partial charge on any atom is 0.268 e. The third kappa shape index (κ3) is 4.90. The SMILES string of the molecule is Cc1c(-c2ccc(S(C)(=O)=O)cc2)ccc2nccc(C(=O)NCC(=O)N3CC(F)(F)CC3C#N)c12. The highest BCUT2D eigenvalue weighted by atomic mass is 32.2. The van der Waals surface area contributed by atoms with Gasteiger partial charge in [-0.25, -0.2) is 17.2 Å². The van der Waals surface area contributed by atoms with Crippen LogP contribution in [0.1, 0.15) is 22.3 Å². The number of halogens is 2. The van der Waals surface area contributed by atoms with E-state index in [4.69, 9.17) is 5.26 Å². The van der Waals surface area contributed by atoms with E-state index in [1.54, 1.807) is 31.2 Å². The normalized spacial score (nSPS) is 17.1. The van der Waals surface area contributed by atoms with E-state index >= 15 is 0 Å². The molecule has 1 aromatic heterocycles. The number of carbonyl (C=O) groups is 2. The number of hydrogen-bond donors (Lipinski definition) is 1. The van der Waals surface area contributed by atoms with Crippen molar-refractivity contribution in [2.75, 3.05) is 19.3 Å². The number of aryl methyl sites for hydroxylation is 1. The van der Waals surface area contributed by atoms with E-state index in [1.807, 2.05) is 6.07 Å². The Balaban J connectivity index is 1.61. The van der Waals surface area contributed by atoms with Crippen molar-refractivity contribution in [3.63, 3.8) is 0 Å². The average molecular weight is 513 g/mol. The molecule has 4 rings (SSSR count). The van der Waals surface area contributed by atoms with Crippen LogP contribution in [0.15, 0.2) is 53.6 Å². The van der Waals surface area contributed by atoms with Crippen LogP contribution in [0.2, 0.25) is 0 Å². The molecular weight excluding hydrogens is 490 g/mol. The number of benzene rings is 2. The van der Waals surface area contributed by atoms with Gasteiger partial charge in [-0.15, -0.1) is 0 Å². The molecule has 1 fully saturated rings. The summed E-state index contributed by atoms with van der Waals surface area (Å²) in [6.07, 6.45) is 1.84. The molecule has 8 nitrogen and oxygen atoms in total. The van der Waals surface area contributed by atoms with Crippen LogP contribution in [-0.4, -0.2) is 61.4 Å². The summed E-state index contributed by atoms with van der Waals surface area (Å²) in [4.78, 5) is 30.8. The highest BCUT2D eigenvalue weighted by Gasteiger charge is 2.47. The van der Waals surface area contributed by atoms with E-state index in [0.717, 1.165) is 22.3 Å². The fourth-order valence-electron chi connectivity index (χ4n) is 4.35. The molecule has 2 amide bonds. The number of likely N-dealkylation sites (tertiary alicyclic amines) is 1. The third-order valence-electron chi connectivity index (χ3n) is 6.14. The minimum absolute atomic E-state index is 0.186. The Morgan fingerprint density at radius 2 is 1.89 bits per heavy atom. The number of nitrogens with zero attached hydrogens (tertiary/aromatic N) is 3. The number of aromatic nitrogens is 1. The molecule has 0 aliphatic carbocycles. The predicted octanol–water partition coefficient (Wildman–Crippen LogP) is 3.10. The van der Waals surface area contributed by atoms with E-state index in [2.05, 4.69) is 10.3 Å². The molecule has 2 aromatic carbocycles. The number of amides is 2. The maximum absolute atomic E-state index is 13.7. The van der Waals surface area contributed by atoms with Crippen molar-refractivity contribution in [2.45, 2.75) is 30.2 Å². The molecule has 1 N–H and O–H groups in total. The van der Waals surface area contributed by atoms with Crippen LogP contribution in [0.3, 0.4) is 0 Å². The summed E-state index contributed by atoms with van der Waals surface area (Å²) in [6.45, 7) is 0.400. The van der Waals surface area contributed by atoms with Crippen molar-refractivity contribution in [3.05, 3.63) is 59.8 Å². The molecular formula is C25H22F2N4O4S. The molecule has 0 bridgehead atoms. The first-order chi connectivity index (χ1) is 16.9. The van der Waals surface area contributed by atoms with Gasteiger partial charge in [0.05, 0.1) is 35.1 Å². The molecule has 0 spiro atoms. The number of rotatable bonds is 5. The monoisotopic (exact) mass is 512 g/mol. The molecule has 0 saturated carbocycles. The summed E-state index contributed by atoms with van der Waals surface area (Å²) in [5, 5.41) is 12.1. The lowest BCUT2D eigenvalue weighted by Crippen LogP contribution is -2.43. The first-order valence-corrected chi connectivity index (χ1v) is 12.8. The summed E-state index contributed by atoms with van der Waals surface area (Å²) < 4.78 is 50.9. The minimum Gasteiger partial charge on any atom is -0.343 e. The standard InChI is InChI=1S/C25H22F2N4O4S/c1-15-19(16-3-5-18(6-4-16)36(2,34)35)7-8-21-23(15)20(9-10-29-21)24(33)30-13-22(32)31-14-25(26,27)11-17(31)12-28/h3-10,17H,11,13-14H2,1-2H3,(H,30,33). The van der Waals surface area contributed by atoms with Gasteiger partial charge in [-0.3, -0.25) is 14.6 Å². The van der Waals surface area contributed by atoms with Gasteiger partial charge in [0.25, 0.3) is 11.8 Å². The molecule has 2 heterocycles. The van der Waals surface area contributed by atoms with Gasteiger partial charge < -0.3 is 10.2 Å². The summed E-state index contributed by atoms with van der Waals surface area (Å²) >= 11 is 0. The van der Waals surface area contributed by atoms with Crippen LogP contribution < -0.4 is 5.32 Å². The first-order valence-electron chi connectivity index (χ1n) is 11.0. The third-order valence-corrected chi connectivity index (χ3v) is 7.27. The fourth-order valence-corrected chi connectivity index (χ4v) is 4.98. The highest BCUT2D eigenvalue weighted by molar-refractivity contribution is 7.90. The summed E-state index contributed by atoms with van der Waals surface area (Å²) in [5.74, 6) is -4.51. The van der Waals surface area contributed by atoms with Crippen molar-refractivity contribution in [1.82, 2.24) is 15.2 Å². The van der Waals surface area contributed by atoms with Crippen LogP contribution in [0.4, 0.5) is 8.78 Å². The van der Waals surface area contributed by atoms with Gasteiger partial charge in [-0.1, -0.05) is 18.2 Å². The van der Waals surface area contributed by atoms with Gasteiger partial charge in [0.1, 0.15) is 6.04 Å². The Labute approximate surface area is 206 Å². The number of pyridine rings is 1. The van der Waals surface area contributed by atoms with Gasteiger partial charge >= 0.3 is 0 Å². The second kappa shape index (κ2) is 9.28. The van der Waals surface area contributed by atoms with Crippen LogP contribution >= 0.6 is 0 Å². The summed E-state index contributed by atoms with van der Waals surface area (Å²) in [7, 11) is -3.35. The van der Waals surface area contributed by atoms with Crippen molar-refractivity contribution < 1.29 is 26.8 Å². The van der Waals surface area contributed by atoms with E-state index in [0.29, 0.717) is 16.5 Å². The zero-order chi connectivity index (χ0) is 26.3.